The zero-order valence-corrected chi connectivity index (χ0v) is 13.3. The molecule has 6 nitrogen and oxygen atoms in total. The van der Waals surface area contributed by atoms with Gasteiger partial charge < -0.3 is 4.90 Å². The molecule has 0 aliphatic carbocycles. The van der Waals surface area contributed by atoms with Crippen molar-refractivity contribution < 1.29 is 4.79 Å². The van der Waals surface area contributed by atoms with Gasteiger partial charge in [-0.05, 0) is 28.8 Å². The van der Waals surface area contributed by atoms with Crippen LogP contribution >= 0.6 is 15.9 Å². The summed E-state index contributed by atoms with van der Waals surface area (Å²) >= 11 is 3.34. The molecule has 7 heteroatoms. The van der Waals surface area contributed by atoms with Gasteiger partial charge in [0.25, 0.3) is 0 Å². The third-order valence-electron chi connectivity index (χ3n) is 3.69. The topological polar surface area (TPSA) is 63.9 Å². The summed E-state index contributed by atoms with van der Waals surface area (Å²) in [6.07, 6.45) is 9.39. The van der Waals surface area contributed by atoms with Gasteiger partial charge in [-0.2, -0.15) is 5.10 Å². The van der Waals surface area contributed by atoms with Gasteiger partial charge in [0, 0.05) is 44.6 Å². The lowest BCUT2D eigenvalue weighted by atomic mass is 10.0. The number of anilines is 1. The second-order valence-electron chi connectivity index (χ2n) is 5.22. The fraction of sp³-hybridized carbons (Fsp3) is 0.429. The average molecular weight is 350 g/mol. The number of hydrogen-bond acceptors (Lipinski definition) is 5. The molecule has 0 bridgehead atoms. The van der Waals surface area contributed by atoms with Gasteiger partial charge in [0.2, 0.25) is 5.95 Å². The molecule has 0 spiro atoms. The largest absolute Gasteiger partial charge is 0.337 e. The quantitative estimate of drug-likeness (QED) is 0.791. The molecule has 3 rings (SSSR count). The van der Waals surface area contributed by atoms with Crippen molar-refractivity contribution in [2.24, 2.45) is 7.05 Å². The van der Waals surface area contributed by atoms with Crippen LogP contribution in [0, 0.1) is 0 Å². The molecule has 2 aromatic heterocycles. The lowest BCUT2D eigenvalue weighted by Crippen LogP contribution is -2.32. The van der Waals surface area contributed by atoms with Crippen LogP contribution in [-0.2, 0) is 7.05 Å². The summed E-state index contributed by atoms with van der Waals surface area (Å²) in [5.41, 5.74) is 0.668. The first kappa shape index (κ1) is 14.2. The smallest absolute Gasteiger partial charge is 0.225 e. The number of aryl methyl sites for hydroxylation is 1. The Hall–Kier alpha value is -1.76. The Morgan fingerprint density at radius 1 is 1.38 bits per heavy atom. The molecule has 1 aliphatic rings. The Morgan fingerprint density at radius 2 is 2.14 bits per heavy atom. The maximum atomic E-state index is 12.3. The Balaban J connectivity index is 1.72. The third-order valence-corrected chi connectivity index (χ3v) is 4.10. The van der Waals surface area contributed by atoms with Crippen LogP contribution in [0.2, 0.25) is 0 Å². The second kappa shape index (κ2) is 5.93. The van der Waals surface area contributed by atoms with Crippen molar-refractivity contribution in [3.63, 3.8) is 0 Å². The lowest BCUT2D eigenvalue weighted by molar-refractivity contribution is 0.0974. The number of carbonyl (C=O) groups is 1. The lowest BCUT2D eigenvalue weighted by Gasteiger charge is -2.23. The van der Waals surface area contributed by atoms with E-state index >= 15 is 0 Å². The number of rotatable bonds is 4. The monoisotopic (exact) mass is 349 g/mol. The van der Waals surface area contributed by atoms with Gasteiger partial charge in [-0.1, -0.05) is 0 Å². The number of aromatic nitrogens is 4. The van der Waals surface area contributed by atoms with Gasteiger partial charge in [-0.15, -0.1) is 0 Å². The molecule has 2 aromatic rings. The fourth-order valence-electron chi connectivity index (χ4n) is 2.66. The van der Waals surface area contributed by atoms with Crippen LogP contribution in [0.4, 0.5) is 5.95 Å². The summed E-state index contributed by atoms with van der Waals surface area (Å²) in [6.45, 7) is 0.895. The number of Topliss-reactive ketones (excluding diaryl/α,β-unsaturated/α-hetero) is 1. The highest BCUT2D eigenvalue weighted by Crippen LogP contribution is 2.25. The molecule has 0 amide bonds. The van der Waals surface area contributed by atoms with E-state index in [1.54, 1.807) is 29.5 Å². The van der Waals surface area contributed by atoms with Crippen LogP contribution in [0.15, 0.2) is 29.3 Å². The minimum atomic E-state index is 0.122. The molecule has 21 heavy (non-hydrogen) atoms. The highest BCUT2D eigenvalue weighted by Gasteiger charge is 2.29. The van der Waals surface area contributed by atoms with E-state index in [0.717, 1.165) is 23.9 Å². The second-order valence-corrected chi connectivity index (χ2v) is 6.14. The van der Waals surface area contributed by atoms with Gasteiger partial charge in [0.05, 0.1) is 16.2 Å². The van der Waals surface area contributed by atoms with E-state index in [1.807, 2.05) is 7.05 Å². The van der Waals surface area contributed by atoms with Crippen LogP contribution in [-0.4, -0.2) is 38.1 Å². The van der Waals surface area contributed by atoms with Crippen LogP contribution in [0.3, 0.4) is 0 Å². The minimum absolute atomic E-state index is 0.122. The van der Waals surface area contributed by atoms with Crippen LogP contribution < -0.4 is 4.90 Å². The molecule has 110 valence electrons. The standard InChI is InChI=1S/C14H16BrN5O/c1-19-9-10(6-18-19)13(21)5-12-3-2-4-20(12)14-16-7-11(15)8-17-14/h6-9,12H,2-5H2,1H3/t12-/m1/s1. The SMILES string of the molecule is Cn1cc(C(=O)C[C@H]2CCCN2c2ncc(Br)cn2)cn1. The van der Waals surface area contributed by atoms with Gasteiger partial charge in [-0.25, -0.2) is 9.97 Å². The Morgan fingerprint density at radius 3 is 2.81 bits per heavy atom. The number of ketones is 1. The predicted molar refractivity (Wildman–Crippen MR) is 82.3 cm³/mol. The molecule has 1 fully saturated rings. The molecular formula is C14H16BrN5O. The molecule has 1 saturated heterocycles. The average Bonchev–Trinajstić information content (AvgIpc) is 3.09. The van der Waals surface area contributed by atoms with Gasteiger partial charge >= 0.3 is 0 Å². The molecule has 1 aliphatic heterocycles. The molecule has 0 aromatic carbocycles. The van der Waals surface area contributed by atoms with Crippen LogP contribution in [0.1, 0.15) is 29.6 Å². The van der Waals surface area contributed by atoms with Crippen molar-refractivity contribution in [1.82, 2.24) is 19.7 Å². The maximum absolute atomic E-state index is 12.3. The molecule has 0 unspecified atom stereocenters. The number of hydrogen-bond donors (Lipinski definition) is 0. The van der Waals surface area contributed by atoms with E-state index in [1.165, 1.54) is 0 Å². The molecule has 0 N–H and O–H groups in total. The van der Waals surface area contributed by atoms with Gasteiger partial charge in [-0.3, -0.25) is 9.48 Å². The highest BCUT2D eigenvalue weighted by molar-refractivity contribution is 9.10. The van der Waals surface area contributed by atoms with Crippen molar-refractivity contribution in [2.45, 2.75) is 25.3 Å². The van der Waals surface area contributed by atoms with E-state index in [-0.39, 0.29) is 11.8 Å². The Bertz CT molecular complexity index is 639. The summed E-state index contributed by atoms with van der Waals surface area (Å²) < 4.78 is 2.51. The summed E-state index contributed by atoms with van der Waals surface area (Å²) in [6, 6.07) is 0.166. The summed E-state index contributed by atoms with van der Waals surface area (Å²) in [7, 11) is 1.81. The van der Waals surface area contributed by atoms with Crippen molar-refractivity contribution >= 4 is 27.7 Å². The molecule has 0 saturated carbocycles. The van der Waals surface area contributed by atoms with E-state index in [4.69, 9.17) is 0 Å². The molecule has 1 atom stereocenters. The molecule has 3 heterocycles. The maximum Gasteiger partial charge on any atom is 0.225 e. The number of halogens is 1. The van der Waals surface area contributed by atoms with Gasteiger partial charge in [0.1, 0.15) is 0 Å². The Kier molecular flexibility index (Phi) is 4.01. The highest BCUT2D eigenvalue weighted by atomic mass is 79.9. The predicted octanol–water partition coefficient (Wildman–Crippen LogP) is 2.21. The minimum Gasteiger partial charge on any atom is -0.337 e. The zero-order chi connectivity index (χ0) is 14.8. The van der Waals surface area contributed by atoms with Crippen LogP contribution in [0.5, 0.6) is 0 Å². The normalized spacial score (nSPS) is 18.2. The first-order valence-corrected chi connectivity index (χ1v) is 7.69. The van der Waals surface area contributed by atoms with Crippen LogP contribution in [0.25, 0.3) is 0 Å². The van der Waals surface area contributed by atoms with E-state index in [9.17, 15) is 4.79 Å². The van der Waals surface area contributed by atoms with Crippen molar-refractivity contribution in [3.05, 3.63) is 34.8 Å². The van der Waals surface area contributed by atoms with Crippen molar-refractivity contribution in [2.75, 3.05) is 11.4 Å². The number of carbonyl (C=O) groups excluding carboxylic acids is 1. The summed E-state index contributed by atoms with van der Waals surface area (Å²) in [5, 5.41) is 4.05. The first-order valence-electron chi connectivity index (χ1n) is 6.89. The van der Waals surface area contributed by atoms with E-state index in [2.05, 4.69) is 35.9 Å². The molecule has 0 radical (unpaired) electrons. The van der Waals surface area contributed by atoms with Crippen molar-refractivity contribution in [3.8, 4) is 0 Å². The fourth-order valence-corrected chi connectivity index (χ4v) is 2.87. The third kappa shape index (κ3) is 3.12. The first-order chi connectivity index (χ1) is 10.1. The molecular weight excluding hydrogens is 334 g/mol. The summed E-state index contributed by atoms with van der Waals surface area (Å²) in [5.74, 6) is 0.816. The number of nitrogens with zero attached hydrogens (tertiary/aromatic N) is 5. The Labute approximate surface area is 131 Å². The van der Waals surface area contributed by atoms with Gasteiger partial charge in [0.15, 0.2) is 5.78 Å². The van der Waals surface area contributed by atoms with E-state index < -0.39 is 0 Å². The van der Waals surface area contributed by atoms with E-state index in [0.29, 0.717) is 17.9 Å². The van der Waals surface area contributed by atoms with Crippen molar-refractivity contribution in [1.29, 1.82) is 0 Å². The zero-order valence-electron chi connectivity index (χ0n) is 11.7. The summed E-state index contributed by atoms with van der Waals surface area (Å²) in [4.78, 5) is 23.1.